The number of thiazole rings is 1. The highest BCUT2D eigenvalue weighted by Gasteiger charge is 2.31. The molecule has 0 aliphatic carbocycles. The lowest BCUT2D eigenvalue weighted by atomic mass is 10.0. The highest BCUT2D eigenvalue weighted by atomic mass is 32.2. The van der Waals surface area contributed by atoms with E-state index in [1.807, 2.05) is 17.8 Å². The summed E-state index contributed by atoms with van der Waals surface area (Å²) < 4.78 is 1.17. The van der Waals surface area contributed by atoms with Crippen LogP contribution in [0, 0.1) is 5.92 Å². The number of aliphatic hydroxyl groups excluding tert-OH is 1. The molecule has 0 spiro atoms. The van der Waals surface area contributed by atoms with Crippen LogP contribution >= 0.6 is 23.1 Å². The van der Waals surface area contributed by atoms with Gasteiger partial charge in [-0.1, -0.05) is 55.9 Å². The Labute approximate surface area is 141 Å². The SMILES string of the molecule is CC(C)C[C@H](CO)NC(C)(Sc1cncs1)c1ccccc1. The van der Waals surface area contributed by atoms with Crippen LogP contribution in [0.4, 0.5) is 0 Å². The topological polar surface area (TPSA) is 45.1 Å². The van der Waals surface area contributed by atoms with Crippen LogP contribution in [0.5, 0.6) is 0 Å². The van der Waals surface area contributed by atoms with E-state index in [1.165, 1.54) is 9.77 Å². The highest BCUT2D eigenvalue weighted by Crippen LogP contribution is 2.41. The normalized spacial score (nSPS) is 15.7. The number of aliphatic hydroxyl groups is 1. The molecule has 2 rings (SSSR count). The number of benzene rings is 1. The predicted octanol–water partition coefficient (Wildman–Crippen LogP) is 4.10. The predicted molar refractivity (Wildman–Crippen MR) is 95.2 cm³/mol. The summed E-state index contributed by atoms with van der Waals surface area (Å²) >= 11 is 3.40. The van der Waals surface area contributed by atoms with Gasteiger partial charge in [0.15, 0.2) is 0 Å². The largest absolute Gasteiger partial charge is 0.395 e. The zero-order chi connectivity index (χ0) is 16.0. The first-order chi connectivity index (χ1) is 10.5. The van der Waals surface area contributed by atoms with Crippen molar-refractivity contribution < 1.29 is 5.11 Å². The molecule has 2 aromatic rings. The summed E-state index contributed by atoms with van der Waals surface area (Å²) in [4.78, 5) is 3.87. The van der Waals surface area contributed by atoms with Crippen LogP contribution in [0.1, 0.15) is 32.8 Å². The molecule has 22 heavy (non-hydrogen) atoms. The fraction of sp³-hybridized carbons (Fsp3) is 0.471. The van der Waals surface area contributed by atoms with Crippen LogP contribution < -0.4 is 5.32 Å². The number of thioether (sulfide) groups is 1. The van der Waals surface area contributed by atoms with Gasteiger partial charge in [-0.05, 0) is 24.8 Å². The second-order valence-electron chi connectivity index (χ2n) is 5.98. The van der Waals surface area contributed by atoms with Crippen molar-refractivity contribution in [3.63, 3.8) is 0 Å². The Morgan fingerprint density at radius 1 is 1.32 bits per heavy atom. The average Bonchev–Trinajstić information content (AvgIpc) is 2.99. The van der Waals surface area contributed by atoms with Crippen molar-refractivity contribution in [2.24, 2.45) is 5.92 Å². The third kappa shape index (κ3) is 4.81. The second-order valence-corrected chi connectivity index (χ2v) is 8.58. The van der Waals surface area contributed by atoms with E-state index in [1.54, 1.807) is 23.1 Å². The minimum atomic E-state index is -0.296. The number of aromatic nitrogens is 1. The summed E-state index contributed by atoms with van der Waals surface area (Å²) in [7, 11) is 0. The van der Waals surface area contributed by atoms with Gasteiger partial charge in [0.2, 0.25) is 0 Å². The monoisotopic (exact) mass is 336 g/mol. The lowest BCUT2D eigenvalue weighted by molar-refractivity contribution is 0.210. The van der Waals surface area contributed by atoms with Crippen LogP contribution in [0.15, 0.2) is 46.2 Å². The van der Waals surface area contributed by atoms with E-state index in [4.69, 9.17) is 0 Å². The van der Waals surface area contributed by atoms with Gasteiger partial charge in [0.05, 0.1) is 27.4 Å². The Balaban J connectivity index is 2.24. The van der Waals surface area contributed by atoms with Gasteiger partial charge in [-0.2, -0.15) is 0 Å². The molecule has 0 radical (unpaired) electrons. The molecular weight excluding hydrogens is 312 g/mol. The zero-order valence-corrected chi connectivity index (χ0v) is 15.0. The molecule has 5 heteroatoms. The van der Waals surface area contributed by atoms with Crippen molar-refractivity contribution >= 4 is 23.1 Å². The van der Waals surface area contributed by atoms with Gasteiger partial charge >= 0.3 is 0 Å². The van der Waals surface area contributed by atoms with E-state index in [9.17, 15) is 5.11 Å². The maximum Gasteiger partial charge on any atom is 0.0930 e. The number of nitrogens with one attached hydrogen (secondary N) is 1. The molecule has 0 saturated heterocycles. The Morgan fingerprint density at radius 2 is 2.05 bits per heavy atom. The number of hydrogen-bond acceptors (Lipinski definition) is 5. The molecule has 3 nitrogen and oxygen atoms in total. The summed E-state index contributed by atoms with van der Waals surface area (Å²) in [5, 5.41) is 13.4. The first-order valence-corrected chi connectivity index (χ1v) is 9.24. The molecule has 1 aromatic heterocycles. The summed E-state index contributed by atoms with van der Waals surface area (Å²) in [6, 6.07) is 10.5. The van der Waals surface area contributed by atoms with Gasteiger partial charge < -0.3 is 5.11 Å². The molecular formula is C17H24N2OS2. The first-order valence-electron chi connectivity index (χ1n) is 7.55. The molecule has 0 fully saturated rings. The minimum Gasteiger partial charge on any atom is -0.395 e. The Kier molecular flexibility index (Phi) is 6.44. The van der Waals surface area contributed by atoms with Crippen molar-refractivity contribution in [2.75, 3.05) is 6.61 Å². The average molecular weight is 337 g/mol. The zero-order valence-electron chi connectivity index (χ0n) is 13.3. The van der Waals surface area contributed by atoms with Crippen LogP contribution in [-0.4, -0.2) is 22.7 Å². The van der Waals surface area contributed by atoms with Crippen LogP contribution in [0.3, 0.4) is 0 Å². The standard InChI is InChI=1S/C17H24N2OS2/c1-13(2)9-15(11-20)19-17(3,14-7-5-4-6-8-14)22-16-10-18-12-21-16/h4-8,10,12-13,15,19-20H,9,11H2,1-3H3/t15-,17?/m1/s1. The van der Waals surface area contributed by atoms with Gasteiger partial charge in [-0.15, -0.1) is 11.3 Å². The van der Waals surface area contributed by atoms with E-state index in [2.05, 4.69) is 55.3 Å². The molecule has 0 bridgehead atoms. The molecule has 0 aliphatic heterocycles. The summed E-state index contributed by atoms with van der Waals surface area (Å²) in [5.41, 5.74) is 3.06. The molecule has 2 N–H and O–H groups in total. The number of hydrogen-bond donors (Lipinski definition) is 2. The lowest BCUT2D eigenvalue weighted by Gasteiger charge is -2.35. The minimum absolute atomic E-state index is 0.0747. The fourth-order valence-electron chi connectivity index (χ4n) is 2.52. The van der Waals surface area contributed by atoms with Crippen molar-refractivity contribution in [3.05, 3.63) is 47.6 Å². The Morgan fingerprint density at radius 3 is 2.59 bits per heavy atom. The maximum absolute atomic E-state index is 9.73. The molecule has 1 aromatic carbocycles. The van der Waals surface area contributed by atoms with Gasteiger partial charge in [0.1, 0.15) is 0 Å². The van der Waals surface area contributed by atoms with E-state index in [0.717, 1.165) is 6.42 Å². The summed E-state index contributed by atoms with van der Waals surface area (Å²) in [6.45, 7) is 6.68. The molecule has 1 heterocycles. The number of rotatable bonds is 8. The van der Waals surface area contributed by atoms with E-state index in [-0.39, 0.29) is 17.5 Å². The molecule has 0 amide bonds. The third-order valence-corrected chi connectivity index (χ3v) is 5.67. The number of nitrogens with zero attached hydrogens (tertiary/aromatic N) is 1. The smallest absolute Gasteiger partial charge is 0.0930 e. The van der Waals surface area contributed by atoms with E-state index >= 15 is 0 Å². The van der Waals surface area contributed by atoms with E-state index < -0.39 is 0 Å². The van der Waals surface area contributed by atoms with Gasteiger partial charge in [0.25, 0.3) is 0 Å². The van der Waals surface area contributed by atoms with Gasteiger partial charge in [-0.25, -0.2) is 0 Å². The first kappa shape index (κ1) is 17.5. The molecule has 1 unspecified atom stereocenters. The van der Waals surface area contributed by atoms with Crippen molar-refractivity contribution in [3.8, 4) is 0 Å². The van der Waals surface area contributed by atoms with Crippen LogP contribution in [0.2, 0.25) is 0 Å². The summed E-state index contributed by atoms with van der Waals surface area (Å²) in [6.07, 6.45) is 2.84. The fourth-order valence-corrected chi connectivity index (χ4v) is 4.69. The van der Waals surface area contributed by atoms with Crippen molar-refractivity contribution in [1.29, 1.82) is 0 Å². The van der Waals surface area contributed by atoms with Gasteiger partial charge in [-0.3, -0.25) is 10.3 Å². The van der Waals surface area contributed by atoms with Crippen LogP contribution in [-0.2, 0) is 4.87 Å². The molecule has 120 valence electrons. The van der Waals surface area contributed by atoms with Crippen molar-refractivity contribution in [2.45, 2.75) is 42.3 Å². The molecule has 0 saturated carbocycles. The second kappa shape index (κ2) is 8.11. The van der Waals surface area contributed by atoms with Crippen LogP contribution in [0.25, 0.3) is 0 Å². The van der Waals surface area contributed by atoms with Crippen molar-refractivity contribution in [1.82, 2.24) is 10.3 Å². The maximum atomic E-state index is 9.73. The Bertz CT molecular complexity index is 545. The Hall–Kier alpha value is -0.880. The lowest BCUT2D eigenvalue weighted by Crippen LogP contribution is -2.46. The summed E-state index contributed by atoms with van der Waals surface area (Å²) in [5.74, 6) is 0.540. The quantitative estimate of drug-likeness (QED) is 0.562. The highest BCUT2D eigenvalue weighted by molar-refractivity contribution is 8.01. The third-order valence-electron chi connectivity index (χ3n) is 3.49. The van der Waals surface area contributed by atoms with E-state index in [0.29, 0.717) is 5.92 Å². The molecule has 0 aliphatic rings. The van der Waals surface area contributed by atoms with Gasteiger partial charge in [0, 0.05) is 6.04 Å². The molecule has 2 atom stereocenters.